The van der Waals surface area contributed by atoms with Crippen molar-refractivity contribution in [3.8, 4) is 0 Å². The number of ether oxygens (including phenoxy) is 1. The van der Waals surface area contributed by atoms with Crippen molar-refractivity contribution >= 4 is 10.0 Å². The van der Waals surface area contributed by atoms with Crippen molar-refractivity contribution in [1.29, 1.82) is 0 Å². The minimum atomic E-state index is -3.46. The van der Waals surface area contributed by atoms with E-state index in [-0.39, 0.29) is 6.04 Å². The van der Waals surface area contributed by atoms with Crippen molar-refractivity contribution < 1.29 is 13.2 Å². The third-order valence-corrected chi connectivity index (χ3v) is 4.59. The van der Waals surface area contributed by atoms with Crippen molar-refractivity contribution in [2.75, 3.05) is 20.3 Å². The molecule has 2 rings (SSSR count). The molecular weight excluding hydrogens is 264 g/mol. The van der Waals surface area contributed by atoms with Gasteiger partial charge in [-0.3, -0.25) is 0 Å². The number of hydrogen-bond acceptors (Lipinski definition) is 4. The molecule has 0 bridgehead atoms. The lowest BCUT2D eigenvalue weighted by Gasteiger charge is -2.23. The van der Waals surface area contributed by atoms with Crippen LogP contribution < -0.4 is 10.0 Å². The van der Waals surface area contributed by atoms with E-state index in [0.29, 0.717) is 18.0 Å². The van der Waals surface area contributed by atoms with Gasteiger partial charge in [-0.2, -0.15) is 0 Å². The Morgan fingerprint density at radius 1 is 1.42 bits per heavy atom. The van der Waals surface area contributed by atoms with Crippen LogP contribution in [-0.4, -0.2) is 34.7 Å². The van der Waals surface area contributed by atoms with Gasteiger partial charge in [0.05, 0.1) is 11.5 Å². The monoisotopic (exact) mass is 284 g/mol. The lowest BCUT2D eigenvalue weighted by Crippen LogP contribution is -2.40. The van der Waals surface area contributed by atoms with Crippen LogP contribution in [0.4, 0.5) is 0 Å². The van der Waals surface area contributed by atoms with E-state index in [2.05, 4.69) is 10.0 Å². The molecule has 0 amide bonds. The summed E-state index contributed by atoms with van der Waals surface area (Å²) in [7, 11) is -1.63. The fourth-order valence-corrected chi connectivity index (χ4v) is 3.47. The standard InChI is InChI=1S/C13H20N2O3S/c1-14-9-11-4-2-6-13(8-11)19(16,17)15-12-5-3-7-18-10-12/h2,4,6,8,12,14-15H,3,5,7,9-10H2,1H3. The highest BCUT2D eigenvalue weighted by atomic mass is 32.2. The van der Waals surface area contributed by atoms with Gasteiger partial charge < -0.3 is 10.1 Å². The van der Waals surface area contributed by atoms with Gasteiger partial charge in [0.1, 0.15) is 0 Å². The van der Waals surface area contributed by atoms with E-state index in [1.165, 1.54) is 0 Å². The normalized spacial score (nSPS) is 20.4. The summed E-state index contributed by atoms with van der Waals surface area (Å²) in [5.41, 5.74) is 0.949. The first kappa shape index (κ1) is 14.5. The Bertz CT molecular complexity index is 510. The van der Waals surface area contributed by atoms with Gasteiger partial charge in [0.15, 0.2) is 0 Å². The summed E-state index contributed by atoms with van der Waals surface area (Å²) in [6, 6.07) is 6.86. The largest absolute Gasteiger partial charge is 0.380 e. The smallest absolute Gasteiger partial charge is 0.240 e. The number of sulfonamides is 1. The summed E-state index contributed by atoms with van der Waals surface area (Å²) in [6.45, 7) is 1.82. The zero-order valence-electron chi connectivity index (χ0n) is 11.1. The molecule has 106 valence electrons. The van der Waals surface area contributed by atoms with Crippen LogP contribution in [-0.2, 0) is 21.3 Å². The number of rotatable bonds is 5. The molecule has 1 heterocycles. The van der Waals surface area contributed by atoms with E-state index < -0.39 is 10.0 Å². The van der Waals surface area contributed by atoms with Gasteiger partial charge in [-0.1, -0.05) is 12.1 Å². The third kappa shape index (κ3) is 4.01. The minimum Gasteiger partial charge on any atom is -0.380 e. The van der Waals surface area contributed by atoms with E-state index in [1.54, 1.807) is 18.2 Å². The van der Waals surface area contributed by atoms with Gasteiger partial charge in [0.25, 0.3) is 0 Å². The highest BCUT2D eigenvalue weighted by molar-refractivity contribution is 7.89. The van der Waals surface area contributed by atoms with Crippen LogP contribution in [0.25, 0.3) is 0 Å². The molecule has 6 heteroatoms. The molecule has 1 atom stereocenters. The Morgan fingerprint density at radius 3 is 2.95 bits per heavy atom. The number of nitrogens with one attached hydrogen (secondary N) is 2. The molecule has 2 N–H and O–H groups in total. The Kier molecular flexibility index (Phi) is 4.93. The first-order valence-corrected chi connectivity index (χ1v) is 7.94. The molecule has 1 saturated heterocycles. The molecule has 0 aliphatic carbocycles. The van der Waals surface area contributed by atoms with Crippen molar-refractivity contribution in [2.45, 2.75) is 30.3 Å². The first-order valence-electron chi connectivity index (χ1n) is 6.45. The average Bonchev–Trinajstić information content (AvgIpc) is 2.40. The van der Waals surface area contributed by atoms with Crippen molar-refractivity contribution in [1.82, 2.24) is 10.0 Å². The summed E-state index contributed by atoms with van der Waals surface area (Å²) >= 11 is 0. The zero-order valence-corrected chi connectivity index (χ0v) is 11.9. The summed E-state index contributed by atoms with van der Waals surface area (Å²) in [5.74, 6) is 0. The average molecular weight is 284 g/mol. The Labute approximate surface area is 114 Å². The van der Waals surface area contributed by atoms with Gasteiger partial charge in [0, 0.05) is 19.2 Å². The van der Waals surface area contributed by atoms with Crippen molar-refractivity contribution in [3.05, 3.63) is 29.8 Å². The lowest BCUT2D eigenvalue weighted by atomic mass is 10.1. The van der Waals surface area contributed by atoms with Crippen LogP contribution in [0, 0.1) is 0 Å². The van der Waals surface area contributed by atoms with E-state index in [4.69, 9.17) is 4.74 Å². The van der Waals surface area contributed by atoms with Gasteiger partial charge >= 0.3 is 0 Å². The van der Waals surface area contributed by atoms with Crippen LogP contribution >= 0.6 is 0 Å². The molecule has 0 spiro atoms. The van der Waals surface area contributed by atoms with Crippen LogP contribution in [0.5, 0.6) is 0 Å². The third-order valence-electron chi connectivity index (χ3n) is 3.07. The molecule has 5 nitrogen and oxygen atoms in total. The Balaban J connectivity index is 2.11. The summed E-state index contributed by atoms with van der Waals surface area (Å²) in [5, 5.41) is 3.01. The number of hydrogen-bond donors (Lipinski definition) is 2. The van der Waals surface area contributed by atoms with Gasteiger partial charge in [-0.05, 0) is 37.6 Å². The van der Waals surface area contributed by atoms with Gasteiger partial charge in [-0.15, -0.1) is 0 Å². The highest BCUT2D eigenvalue weighted by Crippen LogP contribution is 2.14. The molecule has 1 fully saturated rings. The summed E-state index contributed by atoms with van der Waals surface area (Å²) < 4.78 is 32.5. The molecule has 0 saturated carbocycles. The predicted octanol–water partition coefficient (Wildman–Crippen LogP) is 0.863. The van der Waals surface area contributed by atoms with E-state index in [9.17, 15) is 8.42 Å². The van der Waals surface area contributed by atoms with Crippen LogP contribution in [0.1, 0.15) is 18.4 Å². The SMILES string of the molecule is CNCc1cccc(S(=O)(=O)NC2CCCOC2)c1. The number of benzene rings is 1. The van der Waals surface area contributed by atoms with Crippen LogP contribution in [0.15, 0.2) is 29.2 Å². The molecule has 19 heavy (non-hydrogen) atoms. The molecule has 0 radical (unpaired) electrons. The first-order chi connectivity index (χ1) is 9.12. The second-order valence-corrected chi connectivity index (χ2v) is 6.43. The van der Waals surface area contributed by atoms with Crippen molar-refractivity contribution in [3.63, 3.8) is 0 Å². The molecule has 1 aromatic rings. The maximum Gasteiger partial charge on any atom is 0.240 e. The van der Waals surface area contributed by atoms with Crippen LogP contribution in [0.3, 0.4) is 0 Å². The van der Waals surface area contributed by atoms with Crippen molar-refractivity contribution in [2.24, 2.45) is 0 Å². The second kappa shape index (κ2) is 6.47. The van der Waals surface area contributed by atoms with Gasteiger partial charge in [-0.25, -0.2) is 13.1 Å². The molecule has 0 aromatic heterocycles. The van der Waals surface area contributed by atoms with E-state index in [0.717, 1.165) is 25.0 Å². The molecule has 1 aliphatic heterocycles. The molecule has 1 aromatic carbocycles. The maximum absolute atomic E-state index is 12.3. The molecular formula is C13H20N2O3S. The quantitative estimate of drug-likeness (QED) is 0.841. The summed E-state index contributed by atoms with van der Waals surface area (Å²) in [6.07, 6.45) is 1.72. The zero-order chi connectivity index (χ0) is 13.7. The summed E-state index contributed by atoms with van der Waals surface area (Å²) in [4.78, 5) is 0.311. The lowest BCUT2D eigenvalue weighted by molar-refractivity contribution is 0.0774. The second-order valence-electron chi connectivity index (χ2n) is 4.71. The Hall–Kier alpha value is -0.950. The predicted molar refractivity (Wildman–Crippen MR) is 73.4 cm³/mol. The highest BCUT2D eigenvalue weighted by Gasteiger charge is 2.22. The van der Waals surface area contributed by atoms with Crippen LogP contribution in [0.2, 0.25) is 0 Å². The van der Waals surface area contributed by atoms with E-state index >= 15 is 0 Å². The maximum atomic E-state index is 12.3. The minimum absolute atomic E-state index is 0.119. The Morgan fingerprint density at radius 2 is 2.26 bits per heavy atom. The fraction of sp³-hybridized carbons (Fsp3) is 0.538. The fourth-order valence-electron chi connectivity index (χ4n) is 2.15. The molecule has 1 aliphatic rings. The van der Waals surface area contributed by atoms with E-state index in [1.807, 2.05) is 13.1 Å². The molecule has 1 unspecified atom stereocenters. The van der Waals surface area contributed by atoms with Gasteiger partial charge in [0.2, 0.25) is 10.0 Å². The topological polar surface area (TPSA) is 67.4 Å².